The van der Waals surface area contributed by atoms with Crippen LogP contribution < -0.4 is 5.32 Å². The van der Waals surface area contributed by atoms with Crippen LogP contribution in [0.25, 0.3) is 11.5 Å². The molecule has 1 aromatic heterocycles. The number of aryl methyl sites for hydroxylation is 1. The number of piperidine rings is 1. The molecule has 184 valence electrons. The fraction of sp³-hybridized carbons (Fsp3) is 0.630. The standard InChI is InChI=1S/C27H37ClN4O2/c1-19-24(30-27(34-19)21-6-8-23(28)9-7-21)18-31-14-10-20(11-15-31)26(33)29-17-22-16-25(22)32-12-4-2-3-5-13-32/h6-9,20,22,25H,2-5,10-18H2,1H3,(H,29,33). The molecule has 2 aromatic rings. The van der Waals surface area contributed by atoms with Crippen molar-refractivity contribution in [1.82, 2.24) is 20.1 Å². The minimum absolute atomic E-state index is 0.134. The largest absolute Gasteiger partial charge is 0.441 e. The average molecular weight is 485 g/mol. The Hall–Kier alpha value is -1.89. The molecule has 5 rings (SSSR count). The zero-order valence-corrected chi connectivity index (χ0v) is 21.0. The highest BCUT2D eigenvalue weighted by atomic mass is 35.5. The number of likely N-dealkylation sites (tertiary alicyclic amines) is 2. The van der Waals surface area contributed by atoms with Crippen molar-refractivity contribution in [1.29, 1.82) is 0 Å². The van der Waals surface area contributed by atoms with Gasteiger partial charge in [-0.2, -0.15) is 0 Å². The Morgan fingerprint density at radius 1 is 1.09 bits per heavy atom. The first-order chi connectivity index (χ1) is 16.6. The highest BCUT2D eigenvalue weighted by Gasteiger charge is 2.41. The molecular formula is C27H37ClN4O2. The second-order valence-corrected chi connectivity index (χ2v) is 10.8. The van der Waals surface area contributed by atoms with Crippen molar-refractivity contribution in [3.05, 3.63) is 40.7 Å². The van der Waals surface area contributed by atoms with Gasteiger partial charge in [0, 0.05) is 35.6 Å². The maximum absolute atomic E-state index is 12.8. The van der Waals surface area contributed by atoms with E-state index in [0.29, 0.717) is 22.9 Å². The first-order valence-electron chi connectivity index (χ1n) is 13.0. The van der Waals surface area contributed by atoms with E-state index in [-0.39, 0.29) is 11.8 Å². The number of benzene rings is 1. The summed E-state index contributed by atoms with van der Waals surface area (Å²) in [6.07, 6.45) is 8.51. The van der Waals surface area contributed by atoms with Gasteiger partial charge in [-0.25, -0.2) is 4.98 Å². The third-order valence-electron chi connectivity index (χ3n) is 7.85. The molecule has 2 aliphatic heterocycles. The van der Waals surface area contributed by atoms with Gasteiger partial charge < -0.3 is 14.6 Å². The molecule has 3 fully saturated rings. The molecule has 6 nitrogen and oxygen atoms in total. The number of carbonyl (C=O) groups excluding carboxylic acids is 1. The van der Waals surface area contributed by atoms with Gasteiger partial charge in [0.25, 0.3) is 0 Å². The molecule has 2 atom stereocenters. The van der Waals surface area contributed by atoms with Crippen molar-refractivity contribution in [3.8, 4) is 11.5 Å². The van der Waals surface area contributed by atoms with Crippen LogP contribution in [0, 0.1) is 18.8 Å². The maximum Gasteiger partial charge on any atom is 0.226 e. The molecule has 2 unspecified atom stereocenters. The van der Waals surface area contributed by atoms with Crippen LogP contribution in [-0.4, -0.2) is 59.5 Å². The predicted molar refractivity (Wildman–Crippen MR) is 135 cm³/mol. The van der Waals surface area contributed by atoms with Gasteiger partial charge >= 0.3 is 0 Å². The molecule has 1 N–H and O–H groups in total. The molecule has 7 heteroatoms. The van der Waals surface area contributed by atoms with Crippen LogP contribution in [0.15, 0.2) is 28.7 Å². The molecule has 0 bridgehead atoms. The van der Waals surface area contributed by atoms with Gasteiger partial charge in [-0.05, 0) is 95.4 Å². The van der Waals surface area contributed by atoms with Crippen molar-refractivity contribution in [2.45, 2.75) is 64.5 Å². The fourth-order valence-electron chi connectivity index (χ4n) is 5.56. The van der Waals surface area contributed by atoms with Crippen LogP contribution in [-0.2, 0) is 11.3 Å². The van der Waals surface area contributed by atoms with E-state index in [0.717, 1.165) is 56.0 Å². The number of nitrogens with one attached hydrogen (secondary N) is 1. The van der Waals surface area contributed by atoms with Gasteiger partial charge in [-0.1, -0.05) is 24.4 Å². The summed E-state index contributed by atoms with van der Waals surface area (Å²) in [5.41, 5.74) is 1.91. The van der Waals surface area contributed by atoms with E-state index in [1.807, 2.05) is 31.2 Å². The van der Waals surface area contributed by atoms with E-state index in [9.17, 15) is 4.79 Å². The van der Waals surface area contributed by atoms with Crippen LogP contribution in [0.1, 0.15) is 56.4 Å². The highest BCUT2D eigenvalue weighted by Crippen LogP contribution is 2.36. The number of hydrogen-bond acceptors (Lipinski definition) is 5. The topological polar surface area (TPSA) is 61.6 Å². The maximum atomic E-state index is 12.8. The van der Waals surface area contributed by atoms with Crippen molar-refractivity contribution < 1.29 is 9.21 Å². The Kier molecular flexibility index (Phi) is 7.57. The summed E-state index contributed by atoms with van der Waals surface area (Å²) in [6, 6.07) is 8.27. The molecule has 2 saturated heterocycles. The Morgan fingerprint density at radius 3 is 2.50 bits per heavy atom. The highest BCUT2D eigenvalue weighted by molar-refractivity contribution is 6.30. The van der Waals surface area contributed by atoms with E-state index in [1.165, 1.54) is 45.2 Å². The number of carbonyl (C=O) groups is 1. The molecule has 3 heterocycles. The number of amides is 1. The van der Waals surface area contributed by atoms with Crippen molar-refractivity contribution in [2.75, 3.05) is 32.7 Å². The molecule has 1 amide bonds. The van der Waals surface area contributed by atoms with Gasteiger partial charge in [0.1, 0.15) is 5.76 Å². The van der Waals surface area contributed by atoms with Gasteiger partial charge in [0.2, 0.25) is 11.8 Å². The third-order valence-corrected chi connectivity index (χ3v) is 8.10. The summed E-state index contributed by atoms with van der Waals surface area (Å²) in [7, 11) is 0. The van der Waals surface area contributed by atoms with Crippen molar-refractivity contribution in [3.63, 3.8) is 0 Å². The van der Waals surface area contributed by atoms with E-state index in [1.54, 1.807) is 0 Å². The second-order valence-electron chi connectivity index (χ2n) is 10.3. The number of rotatable bonds is 7. The fourth-order valence-corrected chi connectivity index (χ4v) is 5.68. The number of halogens is 1. The number of aromatic nitrogens is 1. The summed E-state index contributed by atoms with van der Waals surface area (Å²) in [5, 5.41) is 3.98. The lowest BCUT2D eigenvalue weighted by Gasteiger charge is -2.30. The van der Waals surface area contributed by atoms with E-state index in [2.05, 4.69) is 15.1 Å². The Morgan fingerprint density at radius 2 is 1.79 bits per heavy atom. The van der Waals surface area contributed by atoms with Crippen LogP contribution in [0.5, 0.6) is 0 Å². The number of oxazole rings is 1. The van der Waals surface area contributed by atoms with E-state index in [4.69, 9.17) is 21.0 Å². The molecule has 1 aromatic carbocycles. The Labute approximate surface area is 208 Å². The first-order valence-corrected chi connectivity index (χ1v) is 13.4. The van der Waals surface area contributed by atoms with Gasteiger partial charge in [0.15, 0.2) is 0 Å². The molecule has 0 radical (unpaired) electrons. The number of nitrogens with zero attached hydrogens (tertiary/aromatic N) is 3. The summed E-state index contributed by atoms with van der Waals surface area (Å²) in [5.74, 6) is 2.54. The summed E-state index contributed by atoms with van der Waals surface area (Å²) >= 11 is 5.99. The lowest BCUT2D eigenvalue weighted by atomic mass is 9.95. The minimum atomic E-state index is 0.134. The predicted octanol–water partition coefficient (Wildman–Crippen LogP) is 4.90. The van der Waals surface area contributed by atoms with Crippen molar-refractivity contribution in [2.24, 2.45) is 11.8 Å². The minimum Gasteiger partial charge on any atom is -0.441 e. The molecule has 34 heavy (non-hydrogen) atoms. The van der Waals surface area contributed by atoms with Crippen LogP contribution in [0.3, 0.4) is 0 Å². The first kappa shape index (κ1) is 23.8. The molecule has 1 aliphatic carbocycles. The zero-order chi connectivity index (χ0) is 23.5. The lowest BCUT2D eigenvalue weighted by molar-refractivity contribution is -0.126. The quantitative estimate of drug-likeness (QED) is 0.605. The third kappa shape index (κ3) is 5.84. The smallest absolute Gasteiger partial charge is 0.226 e. The normalized spacial score (nSPS) is 24.6. The van der Waals surface area contributed by atoms with E-state index < -0.39 is 0 Å². The van der Waals surface area contributed by atoms with Gasteiger partial charge in [-0.3, -0.25) is 9.69 Å². The summed E-state index contributed by atoms with van der Waals surface area (Å²) in [4.78, 5) is 22.6. The number of hydrogen-bond donors (Lipinski definition) is 1. The van der Waals surface area contributed by atoms with Gasteiger partial charge in [0.05, 0.1) is 5.69 Å². The monoisotopic (exact) mass is 484 g/mol. The van der Waals surface area contributed by atoms with Crippen LogP contribution >= 0.6 is 11.6 Å². The lowest BCUT2D eigenvalue weighted by Crippen LogP contribution is -2.41. The van der Waals surface area contributed by atoms with Crippen LogP contribution in [0.2, 0.25) is 5.02 Å². The molecular weight excluding hydrogens is 448 g/mol. The zero-order valence-electron chi connectivity index (χ0n) is 20.3. The van der Waals surface area contributed by atoms with E-state index >= 15 is 0 Å². The Bertz CT molecular complexity index is 960. The summed E-state index contributed by atoms with van der Waals surface area (Å²) in [6.45, 7) is 7.92. The molecule has 3 aliphatic rings. The summed E-state index contributed by atoms with van der Waals surface area (Å²) < 4.78 is 5.91. The van der Waals surface area contributed by atoms with Crippen LogP contribution in [0.4, 0.5) is 0 Å². The van der Waals surface area contributed by atoms with Gasteiger partial charge in [-0.15, -0.1) is 0 Å². The molecule has 0 spiro atoms. The SMILES string of the molecule is Cc1oc(-c2ccc(Cl)cc2)nc1CN1CCC(C(=O)NCC2CC2N2CCCCCC2)CC1. The van der Waals surface area contributed by atoms with Crippen molar-refractivity contribution >= 4 is 17.5 Å². The molecule has 1 saturated carbocycles. The average Bonchev–Trinajstić information content (AvgIpc) is 3.59. The second kappa shape index (κ2) is 10.8. The Balaban J connectivity index is 1.05.